The number of rotatable bonds is 3. The molecule has 4 heteroatoms. The number of nitrogens with zero attached hydrogens (tertiary/aromatic N) is 2. The zero-order chi connectivity index (χ0) is 13.7. The lowest BCUT2D eigenvalue weighted by Gasteiger charge is -2.23. The van der Waals surface area contributed by atoms with Crippen LogP contribution in [-0.4, -0.2) is 37.5 Å². The largest absolute Gasteiger partial charge is 0.399 e. The van der Waals surface area contributed by atoms with Crippen LogP contribution in [0.1, 0.15) is 25.7 Å². The van der Waals surface area contributed by atoms with E-state index >= 15 is 0 Å². The smallest absolute Gasteiger partial charge is 0.240 e. The van der Waals surface area contributed by atoms with Gasteiger partial charge in [0.05, 0.1) is 6.54 Å². The van der Waals surface area contributed by atoms with Crippen LogP contribution in [0.2, 0.25) is 0 Å². The molecule has 19 heavy (non-hydrogen) atoms. The Morgan fingerprint density at radius 2 is 1.74 bits per heavy atom. The summed E-state index contributed by atoms with van der Waals surface area (Å²) in [5, 5.41) is 0. The van der Waals surface area contributed by atoms with E-state index in [4.69, 9.17) is 5.73 Å². The van der Waals surface area contributed by atoms with Crippen molar-refractivity contribution in [3.05, 3.63) is 24.3 Å². The number of hydrogen-bond donors (Lipinski definition) is 1. The number of likely N-dealkylation sites (tertiary alicyclic amines) is 1. The highest BCUT2D eigenvalue weighted by Gasteiger charge is 2.16. The Bertz CT molecular complexity index is 408. The molecule has 1 saturated heterocycles. The van der Waals surface area contributed by atoms with Gasteiger partial charge in [-0.1, -0.05) is 12.8 Å². The number of nitrogen functional groups attached to an aromatic ring is 1. The Hall–Kier alpha value is -1.55. The molecule has 0 unspecified atom stereocenters. The predicted octanol–water partition coefficient (Wildman–Crippen LogP) is 2.11. The Labute approximate surface area is 115 Å². The van der Waals surface area contributed by atoms with Gasteiger partial charge in [0.25, 0.3) is 0 Å². The average molecular weight is 261 g/mol. The molecular weight excluding hydrogens is 238 g/mol. The van der Waals surface area contributed by atoms with Gasteiger partial charge in [-0.05, 0) is 50.2 Å². The van der Waals surface area contributed by atoms with E-state index < -0.39 is 0 Å². The second-order valence-corrected chi connectivity index (χ2v) is 5.23. The van der Waals surface area contributed by atoms with Crippen molar-refractivity contribution in [3.63, 3.8) is 0 Å². The first kappa shape index (κ1) is 13.9. The molecule has 1 aliphatic rings. The summed E-state index contributed by atoms with van der Waals surface area (Å²) in [7, 11) is 1.83. The number of hydrogen-bond acceptors (Lipinski definition) is 3. The molecule has 1 aromatic rings. The van der Waals surface area contributed by atoms with Crippen molar-refractivity contribution in [1.82, 2.24) is 4.90 Å². The van der Waals surface area contributed by atoms with Crippen molar-refractivity contribution in [2.45, 2.75) is 25.7 Å². The van der Waals surface area contributed by atoms with Gasteiger partial charge in [-0.2, -0.15) is 0 Å². The van der Waals surface area contributed by atoms with Crippen LogP contribution in [0.3, 0.4) is 0 Å². The Morgan fingerprint density at radius 1 is 1.16 bits per heavy atom. The minimum absolute atomic E-state index is 0.145. The molecule has 2 rings (SSSR count). The van der Waals surface area contributed by atoms with E-state index in [0.29, 0.717) is 6.54 Å². The van der Waals surface area contributed by atoms with Crippen LogP contribution in [0.15, 0.2) is 24.3 Å². The Kier molecular flexibility index (Phi) is 4.80. The van der Waals surface area contributed by atoms with E-state index in [0.717, 1.165) is 24.5 Å². The average Bonchev–Trinajstić information content (AvgIpc) is 2.67. The number of benzene rings is 1. The highest BCUT2D eigenvalue weighted by Crippen LogP contribution is 2.16. The van der Waals surface area contributed by atoms with Gasteiger partial charge in [-0.15, -0.1) is 0 Å². The summed E-state index contributed by atoms with van der Waals surface area (Å²) >= 11 is 0. The third-order valence-electron chi connectivity index (χ3n) is 3.71. The lowest BCUT2D eigenvalue weighted by Crippen LogP contribution is -2.38. The fourth-order valence-corrected chi connectivity index (χ4v) is 2.43. The molecule has 0 aromatic heterocycles. The van der Waals surface area contributed by atoms with Crippen molar-refractivity contribution in [2.24, 2.45) is 0 Å². The molecule has 4 nitrogen and oxygen atoms in total. The normalized spacial score (nSPS) is 16.9. The van der Waals surface area contributed by atoms with Gasteiger partial charge < -0.3 is 10.6 Å². The molecule has 1 aliphatic heterocycles. The first-order chi connectivity index (χ1) is 9.16. The summed E-state index contributed by atoms with van der Waals surface area (Å²) in [5.41, 5.74) is 7.27. The van der Waals surface area contributed by atoms with Gasteiger partial charge in [0.15, 0.2) is 0 Å². The van der Waals surface area contributed by atoms with Crippen molar-refractivity contribution in [3.8, 4) is 0 Å². The third-order valence-corrected chi connectivity index (χ3v) is 3.71. The van der Waals surface area contributed by atoms with Crippen LogP contribution in [0.4, 0.5) is 11.4 Å². The molecule has 104 valence electrons. The fourth-order valence-electron chi connectivity index (χ4n) is 2.43. The molecule has 0 aliphatic carbocycles. The molecule has 1 amide bonds. The lowest BCUT2D eigenvalue weighted by molar-refractivity contribution is -0.119. The molecule has 1 fully saturated rings. The van der Waals surface area contributed by atoms with Gasteiger partial charge in [-0.25, -0.2) is 0 Å². The van der Waals surface area contributed by atoms with Gasteiger partial charge in [0, 0.05) is 18.4 Å². The minimum atomic E-state index is 0.145. The molecule has 0 radical (unpaired) electrons. The van der Waals surface area contributed by atoms with Gasteiger partial charge in [-0.3, -0.25) is 9.69 Å². The van der Waals surface area contributed by atoms with Crippen LogP contribution < -0.4 is 10.6 Å². The highest BCUT2D eigenvalue weighted by atomic mass is 16.2. The van der Waals surface area contributed by atoms with Crippen LogP contribution in [0.5, 0.6) is 0 Å². The SMILES string of the molecule is CN(C(=O)CN1CCCCCC1)c1ccc(N)cc1. The summed E-state index contributed by atoms with van der Waals surface area (Å²) < 4.78 is 0. The second-order valence-electron chi connectivity index (χ2n) is 5.23. The summed E-state index contributed by atoms with van der Waals surface area (Å²) in [6, 6.07) is 7.42. The van der Waals surface area contributed by atoms with E-state index in [-0.39, 0.29) is 5.91 Å². The maximum absolute atomic E-state index is 12.3. The van der Waals surface area contributed by atoms with Gasteiger partial charge in [0.1, 0.15) is 0 Å². The maximum Gasteiger partial charge on any atom is 0.240 e. The fraction of sp³-hybridized carbons (Fsp3) is 0.533. The molecule has 0 saturated carbocycles. The monoisotopic (exact) mass is 261 g/mol. The third kappa shape index (κ3) is 3.96. The number of amides is 1. The van der Waals surface area contributed by atoms with Gasteiger partial charge in [0.2, 0.25) is 5.91 Å². The summed E-state index contributed by atoms with van der Waals surface area (Å²) in [5.74, 6) is 0.145. The van der Waals surface area contributed by atoms with E-state index in [1.165, 1.54) is 25.7 Å². The number of carbonyl (C=O) groups excluding carboxylic acids is 1. The van der Waals surface area contributed by atoms with Crippen LogP contribution in [0.25, 0.3) is 0 Å². The minimum Gasteiger partial charge on any atom is -0.399 e. The van der Waals surface area contributed by atoms with E-state index in [1.54, 1.807) is 4.90 Å². The number of anilines is 2. The molecule has 0 spiro atoms. The second kappa shape index (κ2) is 6.57. The van der Waals surface area contributed by atoms with Crippen LogP contribution in [0, 0.1) is 0 Å². The van der Waals surface area contributed by atoms with Gasteiger partial charge >= 0.3 is 0 Å². The van der Waals surface area contributed by atoms with E-state index in [9.17, 15) is 4.79 Å². The molecule has 2 N–H and O–H groups in total. The first-order valence-electron chi connectivity index (χ1n) is 7.01. The van der Waals surface area contributed by atoms with Crippen molar-refractivity contribution in [2.75, 3.05) is 37.3 Å². The number of nitrogens with two attached hydrogens (primary N) is 1. The summed E-state index contributed by atoms with van der Waals surface area (Å²) in [6.45, 7) is 2.60. The molecule has 1 aromatic carbocycles. The van der Waals surface area contributed by atoms with E-state index in [1.807, 2.05) is 31.3 Å². The number of likely N-dealkylation sites (N-methyl/N-ethyl adjacent to an activating group) is 1. The lowest BCUT2D eigenvalue weighted by atomic mass is 10.2. The van der Waals surface area contributed by atoms with Crippen LogP contribution in [-0.2, 0) is 4.79 Å². The molecule has 1 heterocycles. The zero-order valence-corrected chi connectivity index (χ0v) is 11.6. The van der Waals surface area contributed by atoms with Crippen LogP contribution >= 0.6 is 0 Å². The summed E-state index contributed by atoms with van der Waals surface area (Å²) in [4.78, 5) is 16.2. The predicted molar refractivity (Wildman–Crippen MR) is 79.2 cm³/mol. The summed E-state index contributed by atoms with van der Waals surface area (Å²) in [6.07, 6.45) is 4.99. The topological polar surface area (TPSA) is 49.6 Å². The Balaban J connectivity index is 1.93. The highest BCUT2D eigenvalue weighted by molar-refractivity contribution is 5.94. The molecule has 0 atom stereocenters. The van der Waals surface area contributed by atoms with E-state index in [2.05, 4.69) is 4.90 Å². The molecule has 0 bridgehead atoms. The standard InChI is InChI=1S/C15H23N3O/c1-17(14-8-6-13(16)7-9-14)15(19)12-18-10-4-2-3-5-11-18/h6-9H,2-5,10-12,16H2,1H3. The van der Waals surface area contributed by atoms with Crippen molar-refractivity contribution in [1.29, 1.82) is 0 Å². The Morgan fingerprint density at radius 3 is 2.32 bits per heavy atom. The number of carbonyl (C=O) groups is 1. The zero-order valence-electron chi connectivity index (χ0n) is 11.6. The maximum atomic E-state index is 12.3. The van der Waals surface area contributed by atoms with Crippen molar-refractivity contribution >= 4 is 17.3 Å². The van der Waals surface area contributed by atoms with Crippen molar-refractivity contribution < 1.29 is 4.79 Å². The quantitative estimate of drug-likeness (QED) is 0.848. The molecular formula is C15H23N3O. The first-order valence-corrected chi connectivity index (χ1v) is 7.01.